The monoisotopic (exact) mass is 276 g/mol. The summed E-state index contributed by atoms with van der Waals surface area (Å²) in [6.07, 6.45) is 0. The summed E-state index contributed by atoms with van der Waals surface area (Å²) in [4.78, 5) is 7.11. The molecule has 0 bridgehead atoms. The Balaban J connectivity index is 1.96. The van der Waals surface area contributed by atoms with E-state index in [0.717, 1.165) is 23.7 Å². The first-order valence-electron chi connectivity index (χ1n) is 6.65. The molecule has 1 aromatic carbocycles. The van der Waals surface area contributed by atoms with Crippen molar-refractivity contribution in [2.75, 3.05) is 18.0 Å². The minimum atomic E-state index is -0.139. The van der Waals surface area contributed by atoms with Crippen LogP contribution in [0.5, 0.6) is 0 Å². The Kier molecular flexibility index (Phi) is 2.84. The van der Waals surface area contributed by atoms with Crippen molar-refractivity contribution in [2.24, 2.45) is 0 Å². The smallest absolute Gasteiger partial charge is 0.186 e. The first-order chi connectivity index (χ1) is 8.85. The number of aromatic nitrogens is 1. The number of thiazole rings is 1. The molecular weight excluding hydrogens is 256 g/mol. The van der Waals surface area contributed by atoms with E-state index < -0.39 is 0 Å². The van der Waals surface area contributed by atoms with Gasteiger partial charge in [-0.2, -0.15) is 0 Å². The number of hydrogen-bond donors (Lipinski definition) is 0. The van der Waals surface area contributed by atoms with Gasteiger partial charge >= 0.3 is 0 Å². The van der Waals surface area contributed by atoms with Crippen molar-refractivity contribution in [3.63, 3.8) is 0 Å². The quantitative estimate of drug-likeness (QED) is 0.794. The van der Waals surface area contributed by atoms with Crippen molar-refractivity contribution in [2.45, 2.75) is 38.9 Å². The summed E-state index contributed by atoms with van der Waals surface area (Å²) in [5.74, 6) is 0. The molecule has 102 valence electrons. The average molecular weight is 276 g/mol. The maximum atomic E-state index is 6.12. The highest BCUT2D eigenvalue weighted by Gasteiger charge is 2.39. The fourth-order valence-electron chi connectivity index (χ4n) is 2.92. The van der Waals surface area contributed by atoms with E-state index >= 15 is 0 Å². The molecule has 2 heterocycles. The molecular formula is C15H20N2OS. The van der Waals surface area contributed by atoms with E-state index in [1.165, 1.54) is 4.70 Å². The van der Waals surface area contributed by atoms with Gasteiger partial charge in [0, 0.05) is 13.1 Å². The number of para-hydroxylation sites is 1. The molecule has 1 aliphatic heterocycles. The average Bonchev–Trinajstić information content (AvgIpc) is 2.68. The van der Waals surface area contributed by atoms with Crippen LogP contribution in [-0.2, 0) is 4.74 Å². The van der Waals surface area contributed by atoms with Crippen LogP contribution < -0.4 is 4.90 Å². The van der Waals surface area contributed by atoms with Crippen LogP contribution in [0.3, 0.4) is 0 Å². The second-order valence-corrected chi connectivity index (χ2v) is 7.45. The molecule has 0 radical (unpaired) electrons. The third-order valence-corrected chi connectivity index (χ3v) is 4.35. The minimum absolute atomic E-state index is 0.139. The first-order valence-corrected chi connectivity index (χ1v) is 7.47. The topological polar surface area (TPSA) is 25.4 Å². The molecule has 1 aliphatic rings. The summed E-state index contributed by atoms with van der Waals surface area (Å²) in [7, 11) is 0. The minimum Gasteiger partial charge on any atom is -0.366 e. The van der Waals surface area contributed by atoms with E-state index in [1.807, 2.05) is 6.07 Å². The molecule has 1 fully saturated rings. The standard InChI is InChI=1S/C15H20N2OS/c1-14(2)9-17(10-15(3,4)18-14)13-16-11-7-5-6-8-12(11)19-13/h5-8H,9-10H2,1-4H3. The highest BCUT2D eigenvalue weighted by atomic mass is 32.1. The molecule has 19 heavy (non-hydrogen) atoms. The predicted octanol–water partition coefficient (Wildman–Crippen LogP) is 3.69. The van der Waals surface area contributed by atoms with Crippen LogP contribution in [0.15, 0.2) is 24.3 Å². The van der Waals surface area contributed by atoms with E-state index in [9.17, 15) is 0 Å². The Morgan fingerprint density at radius 3 is 2.37 bits per heavy atom. The fourth-order valence-corrected chi connectivity index (χ4v) is 3.88. The van der Waals surface area contributed by atoms with Crippen molar-refractivity contribution in [1.82, 2.24) is 4.98 Å². The maximum absolute atomic E-state index is 6.12. The van der Waals surface area contributed by atoms with Crippen LogP contribution >= 0.6 is 11.3 Å². The zero-order valence-corrected chi connectivity index (χ0v) is 12.8. The molecule has 0 amide bonds. The Morgan fingerprint density at radius 2 is 1.74 bits per heavy atom. The number of hydrogen-bond acceptors (Lipinski definition) is 4. The van der Waals surface area contributed by atoms with E-state index in [1.54, 1.807) is 11.3 Å². The van der Waals surface area contributed by atoms with Crippen LogP contribution in [-0.4, -0.2) is 29.3 Å². The molecule has 2 aromatic rings. The lowest BCUT2D eigenvalue weighted by Gasteiger charge is -2.47. The largest absolute Gasteiger partial charge is 0.366 e. The van der Waals surface area contributed by atoms with Gasteiger partial charge in [-0.25, -0.2) is 4.98 Å². The van der Waals surface area contributed by atoms with Gasteiger partial charge in [-0.3, -0.25) is 0 Å². The Hall–Kier alpha value is -1.13. The molecule has 0 N–H and O–H groups in total. The van der Waals surface area contributed by atoms with Crippen LogP contribution in [0.1, 0.15) is 27.7 Å². The third-order valence-electron chi connectivity index (χ3n) is 3.25. The molecule has 1 aromatic heterocycles. The summed E-state index contributed by atoms with van der Waals surface area (Å²) < 4.78 is 7.37. The zero-order chi connectivity index (χ0) is 13.7. The number of anilines is 1. The van der Waals surface area contributed by atoms with Crippen LogP contribution in [0.25, 0.3) is 10.2 Å². The summed E-state index contributed by atoms with van der Waals surface area (Å²) in [5.41, 5.74) is 0.809. The second-order valence-electron chi connectivity index (χ2n) is 6.44. The number of rotatable bonds is 1. The molecule has 0 saturated carbocycles. The summed E-state index contributed by atoms with van der Waals surface area (Å²) >= 11 is 1.76. The molecule has 0 unspecified atom stereocenters. The first kappa shape index (κ1) is 12.9. The molecule has 0 aliphatic carbocycles. The van der Waals surface area contributed by atoms with Gasteiger partial charge in [-0.05, 0) is 39.8 Å². The van der Waals surface area contributed by atoms with Gasteiger partial charge in [0.05, 0.1) is 21.4 Å². The summed E-state index contributed by atoms with van der Waals surface area (Å²) in [5, 5.41) is 1.10. The Morgan fingerprint density at radius 1 is 1.11 bits per heavy atom. The van der Waals surface area contributed by atoms with Gasteiger partial charge in [0.1, 0.15) is 0 Å². The van der Waals surface area contributed by atoms with Crippen LogP contribution in [0, 0.1) is 0 Å². The molecule has 0 atom stereocenters. The van der Waals surface area contributed by atoms with E-state index in [-0.39, 0.29) is 11.2 Å². The zero-order valence-electron chi connectivity index (χ0n) is 11.9. The van der Waals surface area contributed by atoms with Crippen LogP contribution in [0.2, 0.25) is 0 Å². The van der Waals surface area contributed by atoms with Gasteiger partial charge in [-0.1, -0.05) is 23.5 Å². The van der Waals surface area contributed by atoms with Crippen molar-refractivity contribution in [3.05, 3.63) is 24.3 Å². The van der Waals surface area contributed by atoms with Gasteiger partial charge < -0.3 is 9.64 Å². The lowest BCUT2D eigenvalue weighted by atomic mass is 9.99. The maximum Gasteiger partial charge on any atom is 0.186 e. The number of morpholine rings is 1. The van der Waals surface area contributed by atoms with E-state index in [4.69, 9.17) is 9.72 Å². The van der Waals surface area contributed by atoms with Crippen molar-refractivity contribution >= 4 is 26.7 Å². The number of ether oxygens (including phenoxy) is 1. The Bertz CT molecular complexity index is 554. The normalized spacial score (nSPS) is 21.8. The highest BCUT2D eigenvalue weighted by Crippen LogP contribution is 2.35. The van der Waals surface area contributed by atoms with Crippen molar-refractivity contribution < 1.29 is 4.74 Å². The number of benzene rings is 1. The predicted molar refractivity (Wildman–Crippen MR) is 81.1 cm³/mol. The third kappa shape index (κ3) is 2.60. The van der Waals surface area contributed by atoms with Gasteiger partial charge in [0.25, 0.3) is 0 Å². The highest BCUT2D eigenvalue weighted by molar-refractivity contribution is 7.22. The second kappa shape index (κ2) is 4.18. The van der Waals surface area contributed by atoms with Crippen LogP contribution in [0.4, 0.5) is 5.13 Å². The van der Waals surface area contributed by atoms with E-state index in [0.29, 0.717) is 0 Å². The Labute approximate surface area is 118 Å². The molecule has 3 rings (SSSR count). The van der Waals surface area contributed by atoms with Gasteiger partial charge in [0.15, 0.2) is 5.13 Å². The summed E-state index contributed by atoms with van der Waals surface area (Å²) in [6.45, 7) is 10.4. The van der Waals surface area contributed by atoms with Crippen molar-refractivity contribution in [3.8, 4) is 0 Å². The van der Waals surface area contributed by atoms with Gasteiger partial charge in [-0.15, -0.1) is 0 Å². The lowest BCUT2D eigenvalue weighted by molar-refractivity contribution is -0.133. The SMILES string of the molecule is CC1(C)CN(c2nc3ccccc3s2)CC(C)(C)O1. The number of fused-ring (bicyclic) bond motifs is 1. The molecule has 3 nitrogen and oxygen atoms in total. The molecule has 4 heteroatoms. The van der Waals surface area contributed by atoms with Crippen molar-refractivity contribution in [1.29, 1.82) is 0 Å². The number of nitrogens with zero attached hydrogens (tertiary/aromatic N) is 2. The molecule has 1 saturated heterocycles. The molecule has 0 spiro atoms. The fraction of sp³-hybridized carbons (Fsp3) is 0.533. The summed E-state index contributed by atoms with van der Waals surface area (Å²) in [6, 6.07) is 8.32. The van der Waals surface area contributed by atoms with E-state index in [2.05, 4.69) is 50.8 Å². The lowest BCUT2D eigenvalue weighted by Crippen LogP contribution is -2.57. The van der Waals surface area contributed by atoms with Gasteiger partial charge in [0.2, 0.25) is 0 Å².